The average Bonchev–Trinajstić information content (AvgIpc) is 2.65. The van der Waals surface area contributed by atoms with Crippen molar-refractivity contribution in [3.8, 4) is 11.5 Å². The normalized spacial score (nSPS) is 25.4. The van der Waals surface area contributed by atoms with Gasteiger partial charge in [-0.25, -0.2) is 4.79 Å². The van der Waals surface area contributed by atoms with Gasteiger partial charge >= 0.3 is 6.03 Å². The zero-order valence-corrected chi connectivity index (χ0v) is 11.4. The van der Waals surface area contributed by atoms with Crippen LogP contribution in [0.4, 0.5) is 4.79 Å². The maximum atomic E-state index is 12.2. The number of carbonyl (C=O) groups is 2. The van der Waals surface area contributed by atoms with Crippen molar-refractivity contribution in [2.75, 3.05) is 20.3 Å². The van der Waals surface area contributed by atoms with E-state index < -0.39 is 11.6 Å². The van der Waals surface area contributed by atoms with Crippen molar-refractivity contribution < 1.29 is 19.1 Å². The highest BCUT2D eigenvalue weighted by Gasteiger charge is 2.47. The van der Waals surface area contributed by atoms with Crippen LogP contribution in [0.2, 0.25) is 0 Å². The van der Waals surface area contributed by atoms with E-state index in [-0.39, 0.29) is 5.91 Å². The minimum Gasteiger partial charge on any atom is -0.490 e. The third-order valence-corrected chi connectivity index (χ3v) is 3.72. The van der Waals surface area contributed by atoms with E-state index in [2.05, 4.69) is 5.32 Å². The number of carbonyl (C=O) groups excluding carboxylic acids is 2. The quantitative estimate of drug-likeness (QED) is 0.784. The number of hydrogen-bond donors (Lipinski definition) is 1. The summed E-state index contributed by atoms with van der Waals surface area (Å²) < 4.78 is 11.2. The molecule has 0 spiro atoms. The lowest BCUT2D eigenvalue weighted by Gasteiger charge is -2.22. The van der Waals surface area contributed by atoms with E-state index in [1.54, 1.807) is 25.1 Å². The van der Waals surface area contributed by atoms with Crippen LogP contribution in [0.25, 0.3) is 0 Å². The molecule has 0 bridgehead atoms. The van der Waals surface area contributed by atoms with Gasteiger partial charge in [0, 0.05) is 13.5 Å². The third kappa shape index (κ3) is 1.79. The zero-order chi connectivity index (χ0) is 14.3. The second-order valence-corrected chi connectivity index (χ2v) is 5.13. The molecule has 0 saturated carbocycles. The summed E-state index contributed by atoms with van der Waals surface area (Å²) >= 11 is 0. The van der Waals surface area contributed by atoms with Crippen LogP contribution >= 0.6 is 0 Å². The Kier molecular flexibility index (Phi) is 2.81. The Morgan fingerprint density at radius 3 is 2.55 bits per heavy atom. The average molecular weight is 276 g/mol. The molecular formula is C14H16N2O4. The van der Waals surface area contributed by atoms with E-state index in [1.165, 1.54) is 7.05 Å². The number of rotatable bonds is 1. The summed E-state index contributed by atoms with van der Waals surface area (Å²) in [6.45, 7) is 2.88. The summed E-state index contributed by atoms with van der Waals surface area (Å²) in [7, 11) is 1.46. The van der Waals surface area contributed by atoms with Gasteiger partial charge in [-0.05, 0) is 24.6 Å². The molecule has 20 heavy (non-hydrogen) atoms. The number of nitrogens with zero attached hydrogens (tertiary/aromatic N) is 1. The fourth-order valence-electron chi connectivity index (χ4n) is 2.45. The molecule has 0 aromatic heterocycles. The predicted octanol–water partition coefficient (Wildman–Crippen LogP) is 1.24. The van der Waals surface area contributed by atoms with Gasteiger partial charge in [-0.3, -0.25) is 9.69 Å². The van der Waals surface area contributed by atoms with E-state index >= 15 is 0 Å². The molecular weight excluding hydrogens is 260 g/mol. The van der Waals surface area contributed by atoms with Gasteiger partial charge in [0.15, 0.2) is 11.5 Å². The van der Waals surface area contributed by atoms with Gasteiger partial charge in [-0.1, -0.05) is 6.07 Å². The van der Waals surface area contributed by atoms with Crippen molar-refractivity contribution >= 4 is 11.9 Å². The van der Waals surface area contributed by atoms with Crippen molar-refractivity contribution in [1.29, 1.82) is 0 Å². The number of likely N-dealkylation sites (N-methyl/N-ethyl adjacent to an activating group) is 1. The standard InChI is InChI=1S/C14H16N2O4/c1-14(12(17)16(2)13(18)15-14)9-4-5-10-11(8-9)20-7-3-6-19-10/h4-5,8H,3,6-7H2,1-2H3,(H,15,18). The van der Waals surface area contributed by atoms with Gasteiger partial charge in [0.05, 0.1) is 13.2 Å². The summed E-state index contributed by atoms with van der Waals surface area (Å²) in [6.07, 6.45) is 0.819. The number of hydrogen-bond acceptors (Lipinski definition) is 4. The third-order valence-electron chi connectivity index (χ3n) is 3.72. The number of urea groups is 1. The smallest absolute Gasteiger partial charge is 0.325 e. The molecule has 1 saturated heterocycles. The molecule has 1 unspecified atom stereocenters. The van der Waals surface area contributed by atoms with E-state index in [1.807, 2.05) is 0 Å². The lowest BCUT2D eigenvalue weighted by molar-refractivity contribution is -0.130. The summed E-state index contributed by atoms with van der Waals surface area (Å²) in [6, 6.07) is 4.92. The number of benzene rings is 1. The van der Waals surface area contributed by atoms with Crippen molar-refractivity contribution in [3.05, 3.63) is 23.8 Å². The molecule has 2 heterocycles. The molecule has 3 amide bonds. The molecule has 1 fully saturated rings. The molecule has 6 nitrogen and oxygen atoms in total. The first-order valence-corrected chi connectivity index (χ1v) is 6.53. The predicted molar refractivity (Wildman–Crippen MR) is 70.7 cm³/mol. The summed E-state index contributed by atoms with van der Waals surface area (Å²) in [5, 5.41) is 2.71. The Labute approximate surface area is 116 Å². The largest absolute Gasteiger partial charge is 0.490 e. The maximum absolute atomic E-state index is 12.2. The molecule has 1 atom stereocenters. The van der Waals surface area contributed by atoms with Crippen LogP contribution in [0.15, 0.2) is 18.2 Å². The van der Waals surface area contributed by atoms with Crippen LogP contribution < -0.4 is 14.8 Å². The molecule has 1 N–H and O–H groups in total. The van der Waals surface area contributed by atoms with E-state index in [4.69, 9.17) is 9.47 Å². The number of amides is 3. The zero-order valence-electron chi connectivity index (χ0n) is 11.4. The maximum Gasteiger partial charge on any atom is 0.325 e. The topological polar surface area (TPSA) is 67.9 Å². The minimum absolute atomic E-state index is 0.281. The molecule has 106 valence electrons. The molecule has 3 rings (SSSR count). The SMILES string of the molecule is CN1C(=O)NC(C)(c2ccc3c(c2)OCCCO3)C1=O. The van der Waals surface area contributed by atoms with Crippen molar-refractivity contribution in [3.63, 3.8) is 0 Å². The van der Waals surface area contributed by atoms with E-state index in [0.29, 0.717) is 30.3 Å². The van der Waals surface area contributed by atoms with Gasteiger partial charge in [-0.2, -0.15) is 0 Å². The molecule has 0 aliphatic carbocycles. The van der Waals surface area contributed by atoms with Crippen molar-refractivity contribution in [2.24, 2.45) is 0 Å². The Morgan fingerprint density at radius 2 is 1.90 bits per heavy atom. The molecule has 2 aliphatic heterocycles. The minimum atomic E-state index is -1.06. The second kappa shape index (κ2) is 4.40. The summed E-state index contributed by atoms with van der Waals surface area (Å²) in [5.41, 5.74) is -0.374. The van der Waals surface area contributed by atoms with Crippen LogP contribution in [-0.2, 0) is 10.3 Å². The lowest BCUT2D eigenvalue weighted by atomic mass is 9.92. The molecule has 0 radical (unpaired) electrons. The van der Waals surface area contributed by atoms with Crippen LogP contribution in [0.1, 0.15) is 18.9 Å². The van der Waals surface area contributed by atoms with E-state index in [9.17, 15) is 9.59 Å². The highest BCUT2D eigenvalue weighted by molar-refractivity contribution is 6.06. The highest BCUT2D eigenvalue weighted by atomic mass is 16.5. The summed E-state index contributed by atoms with van der Waals surface area (Å²) in [5.74, 6) is 0.995. The monoisotopic (exact) mass is 276 g/mol. The Morgan fingerprint density at radius 1 is 1.20 bits per heavy atom. The van der Waals surface area contributed by atoms with Crippen molar-refractivity contribution in [2.45, 2.75) is 18.9 Å². The number of ether oxygens (including phenoxy) is 2. The molecule has 2 aliphatic rings. The Bertz CT molecular complexity index is 587. The Balaban J connectivity index is 2.01. The van der Waals surface area contributed by atoms with Gasteiger partial charge in [0.1, 0.15) is 5.54 Å². The highest BCUT2D eigenvalue weighted by Crippen LogP contribution is 2.36. The fraction of sp³-hybridized carbons (Fsp3) is 0.429. The lowest BCUT2D eigenvalue weighted by Crippen LogP contribution is -2.40. The molecule has 1 aromatic carbocycles. The molecule has 1 aromatic rings. The second-order valence-electron chi connectivity index (χ2n) is 5.13. The van der Waals surface area contributed by atoms with Crippen LogP contribution in [0.5, 0.6) is 11.5 Å². The first kappa shape index (κ1) is 12.8. The van der Waals surface area contributed by atoms with Gasteiger partial charge in [-0.15, -0.1) is 0 Å². The van der Waals surface area contributed by atoms with Crippen molar-refractivity contribution in [1.82, 2.24) is 10.2 Å². The van der Waals surface area contributed by atoms with Crippen LogP contribution in [-0.4, -0.2) is 37.1 Å². The van der Waals surface area contributed by atoms with Gasteiger partial charge < -0.3 is 14.8 Å². The Hall–Kier alpha value is -2.24. The number of nitrogens with one attached hydrogen (secondary N) is 1. The van der Waals surface area contributed by atoms with Gasteiger partial charge in [0.25, 0.3) is 5.91 Å². The van der Waals surface area contributed by atoms with Gasteiger partial charge in [0.2, 0.25) is 0 Å². The van der Waals surface area contributed by atoms with E-state index in [0.717, 1.165) is 11.3 Å². The number of fused-ring (bicyclic) bond motifs is 1. The summed E-state index contributed by atoms with van der Waals surface area (Å²) in [4.78, 5) is 25.0. The fourth-order valence-corrected chi connectivity index (χ4v) is 2.45. The van der Waals surface area contributed by atoms with Crippen LogP contribution in [0, 0.1) is 0 Å². The first-order chi connectivity index (χ1) is 9.52. The van der Waals surface area contributed by atoms with Crippen LogP contribution in [0.3, 0.4) is 0 Å². The number of imide groups is 1. The molecule has 6 heteroatoms. The first-order valence-electron chi connectivity index (χ1n) is 6.53.